The van der Waals surface area contributed by atoms with Gasteiger partial charge < -0.3 is 15.8 Å². The lowest BCUT2D eigenvalue weighted by molar-refractivity contribution is 0.414. The molecule has 0 aliphatic carbocycles. The van der Waals surface area contributed by atoms with Gasteiger partial charge >= 0.3 is 0 Å². The molecule has 4 nitrogen and oxygen atoms in total. The molecule has 0 unspecified atom stereocenters. The predicted molar refractivity (Wildman–Crippen MR) is 82.4 cm³/mol. The number of anilines is 3. The van der Waals surface area contributed by atoms with Crippen molar-refractivity contribution in [2.24, 2.45) is 0 Å². The zero-order chi connectivity index (χ0) is 14.8. The van der Waals surface area contributed by atoms with Crippen molar-refractivity contribution in [1.29, 1.82) is 0 Å². The number of ether oxygens (including phenoxy) is 1. The molecule has 0 radical (unpaired) electrons. The molecule has 1 heterocycles. The molecular formula is C16H14FN3O. The fraction of sp³-hybridized carbons (Fsp3) is 0.0625. The number of pyridine rings is 1. The molecule has 3 aromatic rings. The Bertz CT molecular complexity index is 805. The van der Waals surface area contributed by atoms with Gasteiger partial charge in [0, 0.05) is 17.1 Å². The first-order valence-corrected chi connectivity index (χ1v) is 6.42. The maximum absolute atomic E-state index is 13.8. The third-order valence-corrected chi connectivity index (χ3v) is 3.15. The molecule has 0 aliphatic heterocycles. The molecular weight excluding hydrogens is 269 g/mol. The maximum Gasteiger partial charge on any atom is 0.146 e. The monoisotopic (exact) mass is 283 g/mol. The summed E-state index contributed by atoms with van der Waals surface area (Å²) in [5.74, 6) is 0.766. The zero-order valence-electron chi connectivity index (χ0n) is 11.4. The summed E-state index contributed by atoms with van der Waals surface area (Å²) in [5, 5.41) is 3.89. The largest absolute Gasteiger partial charge is 0.497 e. The number of methoxy groups -OCH3 is 1. The van der Waals surface area contributed by atoms with Crippen molar-refractivity contribution in [3.63, 3.8) is 0 Å². The minimum atomic E-state index is -0.366. The van der Waals surface area contributed by atoms with Crippen LogP contribution in [-0.2, 0) is 0 Å². The number of halogens is 1. The molecule has 106 valence electrons. The Labute approximate surface area is 121 Å². The van der Waals surface area contributed by atoms with Crippen LogP contribution >= 0.6 is 0 Å². The number of nitrogens with zero attached hydrogens (tertiary/aromatic N) is 1. The Morgan fingerprint density at radius 2 is 1.95 bits per heavy atom. The first kappa shape index (κ1) is 13.2. The predicted octanol–water partition coefficient (Wildman–Crippen LogP) is 3.71. The summed E-state index contributed by atoms with van der Waals surface area (Å²) in [5.41, 5.74) is 7.52. The molecule has 0 bridgehead atoms. The van der Waals surface area contributed by atoms with E-state index in [2.05, 4.69) is 10.3 Å². The Morgan fingerprint density at radius 1 is 1.10 bits per heavy atom. The quantitative estimate of drug-likeness (QED) is 0.719. The number of nitrogens with two attached hydrogens (primary N) is 1. The van der Waals surface area contributed by atoms with Crippen molar-refractivity contribution in [1.82, 2.24) is 4.98 Å². The average Bonchev–Trinajstić information content (AvgIpc) is 2.49. The average molecular weight is 283 g/mol. The second-order valence-electron chi connectivity index (χ2n) is 4.62. The summed E-state index contributed by atoms with van der Waals surface area (Å²) in [7, 11) is 1.54. The molecule has 0 atom stereocenters. The van der Waals surface area contributed by atoms with Gasteiger partial charge in [-0.3, -0.25) is 0 Å². The summed E-state index contributed by atoms with van der Waals surface area (Å²) in [6.07, 6.45) is 0. The van der Waals surface area contributed by atoms with E-state index in [9.17, 15) is 4.39 Å². The highest BCUT2D eigenvalue weighted by molar-refractivity contribution is 5.83. The van der Waals surface area contributed by atoms with Gasteiger partial charge in [0.05, 0.1) is 18.3 Å². The third kappa shape index (κ3) is 2.72. The number of benzene rings is 2. The van der Waals surface area contributed by atoms with Gasteiger partial charge in [-0.05, 0) is 42.5 Å². The molecule has 0 spiro atoms. The molecule has 1 aromatic heterocycles. The summed E-state index contributed by atoms with van der Waals surface area (Å²) >= 11 is 0. The summed E-state index contributed by atoms with van der Waals surface area (Å²) in [6, 6.07) is 13.6. The van der Waals surface area contributed by atoms with Crippen molar-refractivity contribution < 1.29 is 9.13 Å². The van der Waals surface area contributed by atoms with Crippen LogP contribution in [0, 0.1) is 5.82 Å². The third-order valence-electron chi connectivity index (χ3n) is 3.15. The minimum absolute atomic E-state index is 0.316. The van der Waals surface area contributed by atoms with Crippen LogP contribution in [0.25, 0.3) is 10.9 Å². The van der Waals surface area contributed by atoms with E-state index in [1.807, 2.05) is 18.2 Å². The SMILES string of the molecule is COc1ccc(F)c(Nc2ccc3cc(N)ccc3n2)c1. The van der Waals surface area contributed by atoms with E-state index >= 15 is 0 Å². The molecule has 2 aromatic carbocycles. The van der Waals surface area contributed by atoms with Crippen LogP contribution in [0.3, 0.4) is 0 Å². The van der Waals surface area contributed by atoms with Crippen molar-refractivity contribution >= 4 is 28.1 Å². The van der Waals surface area contributed by atoms with Gasteiger partial charge in [-0.15, -0.1) is 0 Å². The highest BCUT2D eigenvalue weighted by Crippen LogP contribution is 2.25. The van der Waals surface area contributed by atoms with Gasteiger partial charge in [0.1, 0.15) is 17.4 Å². The molecule has 0 saturated carbocycles. The second-order valence-corrected chi connectivity index (χ2v) is 4.62. The summed E-state index contributed by atoms with van der Waals surface area (Å²) < 4.78 is 18.9. The smallest absolute Gasteiger partial charge is 0.146 e. The lowest BCUT2D eigenvalue weighted by Crippen LogP contribution is -1.97. The van der Waals surface area contributed by atoms with E-state index in [1.165, 1.54) is 13.2 Å². The van der Waals surface area contributed by atoms with Crippen LogP contribution in [0.15, 0.2) is 48.5 Å². The molecule has 0 saturated heterocycles. The standard InChI is InChI=1S/C16H14FN3O/c1-21-12-4-5-13(17)15(9-12)20-16-7-2-10-8-11(18)3-6-14(10)19-16/h2-9H,18H2,1H3,(H,19,20). The Kier molecular flexibility index (Phi) is 3.31. The maximum atomic E-state index is 13.8. The summed E-state index contributed by atoms with van der Waals surface area (Å²) in [6.45, 7) is 0. The van der Waals surface area contributed by atoms with Gasteiger partial charge in [0.2, 0.25) is 0 Å². The van der Waals surface area contributed by atoms with Crippen LogP contribution in [-0.4, -0.2) is 12.1 Å². The molecule has 5 heteroatoms. The van der Waals surface area contributed by atoms with Gasteiger partial charge in [-0.2, -0.15) is 0 Å². The van der Waals surface area contributed by atoms with Crippen molar-refractivity contribution in [3.8, 4) is 5.75 Å². The van der Waals surface area contributed by atoms with E-state index in [1.54, 1.807) is 24.3 Å². The molecule has 3 N–H and O–H groups in total. The molecule has 0 fully saturated rings. The molecule has 21 heavy (non-hydrogen) atoms. The number of hydrogen-bond donors (Lipinski definition) is 2. The van der Waals surface area contributed by atoms with E-state index < -0.39 is 0 Å². The zero-order valence-corrected chi connectivity index (χ0v) is 11.4. The van der Waals surface area contributed by atoms with Crippen LogP contribution in [0.2, 0.25) is 0 Å². The van der Waals surface area contributed by atoms with Crippen LogP contribution < -0.4 is 15.8 Å². The van der Waals surface area contributed by atoms with E-state index in [4.69, 9.17) is 10.5 Å². The first-order valence-electron chi connectivity index (χ1n) is 6.42. The topological polar surface area (TPSA) is 60.2 Å². The van der Waals surface area contributed by atoms with Gasteiger partial charge in [-0.25, -0.2) is 9.37 Å². The van der Waals surface area contributed by atoms with Gasteiger partial charge in [0.25, 0.3) is 0 Å². The van der Waals surface area contributed by atoms with E-state index in [0.717, 1.165) is 10.9 Å². The van der Waals surface area contributed by atoms with Crippen LogP contribution in [0.5, 0.6) is 5.75 Å². The Hall–Kier alpha value is -2.82. The number of hydrogen-bond acceptors (Lipinski definition) is 4. The lowest BCUT2D eigenvalue weighted by Gasteiger charge is -2.09. The number of aromatic nitrogens is 1. The number of fused-ring (bicyclic) bond motifs is 1. The highest BCUT2D eigenvalue weighted by atomic mass is 19.1. The number of rotatable bonds is 3. The minimum Gasteiger partial charge on any atom is -0.497 e. The van der Waals surface area contributed by atoms with E-state index in [-0.39, 0.29) is 5.82 Å². The fourth-order valence-electron chi connectivity index (χ4n) is 2.08. The Morgan fingerprint density at radius 3 is 2.76 bits per heavy atom. The van der Waals surface area contributed by atoms with Crippen molar-refractivity contribution in [2.75, 3.05) is 18.2 Å². The van der Waals surface area contributed by atoms with Crippen molar-refractivity contribution in [2.45, 2.75) is 0 Å². The lowest BCUT2D eigenvalue weighted by atomic mass is 10.2. The number of nitrogen functional groups attached to an aromatic ring is 1. The van der Waals surface area contributed by atoms with Crippen LogP contribution in [0.1, 0.15) is 0 Å². The highest BCUT2D eigenvalue weighted by Gasteiger charge is 2.06. The normalized spacial score (nSPS) is 10.6. The molecule has 0 amide bonds. The molecule has 3 rings (SSSR count). The molecule has 0 aliphatic rings. The second kappa shape index (κ2) is 5.28. The van der Waals surface area contributed by atoms with Crippen LogP contribution in [0.4, 0.5) is 21.6 Å². The summed E-state index contributed by atoms with van der Waals surface area (Å²) in [4.78, 5) is 4.43. The van der Waals surface area contributed by atoms with Gasteiger partial charge in [-0.1, -0.05) is 0 Å². The number of nitrogens with one attached hydrogen (secondary N) is 1. The first-order chi connectivity index (χ1) is 10.2. The van der Waals surface area contributed by atoms with Gasteiger partial charge in [0.15, 0.2) is 0 Å². The van der Waals surface area contributed by atoms with E-state index in [0.29, 0.717) is 22.9 Å². The fourth-order valence-corrected chi connectivity index (χ4v) is 2.08. The Balaban J connectivity index is 1.96. The van der Waals surface area contributed by atoms with Crippen molar-refractivity contribution in [3.05, 3.63) is 54.3 Å².